The van der Waals surface area contributed by atoms with Gasteiger partial charge in [0.2, 0.25) is 0 Å². The van der Waals surface area contributed by atoms with Crippen LogP contribution in [0.15, 0.2) is 0 Å². The zero-order valence-electron chi connectivity index (χ0n) is 17.2. The number of carbonyl (C=O) groups is 1. The van der Waals surface area contributed by atoms with Crippen LogP contribution >= 0.6 is 0 Å². The number of fused-ring (bicyclic) bond motifs is 2. The molecule has 6 rings (SSSR count). The fourth-order valence-corrected chi connectivity index (χ4v) is 9.09. The highest BCUT2D eigenvalue weighted by Crippen LogP contribution is 2.61. The normalized spacial score (nSPS) is 51.6. The van der Waals surface area contributed by atoms with Crippen molar-refractivity contribution in [2.45, 2.75) is 84.7 Å². The maximum absolute atomic E-state index is 13.3. The summed E-state index contributed by atoms with van der Waals surface area (Å²) in [5.41, 5.74) is -0.0571. The van der Waals surface area contributed by atoms with Crippen molar-refractivity contribution in [1.29, 1.82) is 0 Å². The predicted molar refractivity (Wildman–Crippen MR) is 103 cm³/mol. The van der Waals surface area contributed by atoms with Gasteiger partial charge in [-0.05, 0) is 105 Å². The lowest BCUT2D eigenvalue weighted by atomic mass is 9.54. The van der Waals surface area contributed by atoms with Gasteiger partial charge in [-0.1, -0.05) is 27.7 Å². The van der Waals surface area contributed by atoms with Crippen LogP contribution in [0.4, 0.5) is 0 Å². The lowest BCUT2D eigenvalue weighted by molar-refractivity contribution is -0.194. The van der Waals surface area contributed by atoms with E-state index in [1.54, 1.807) is 0 Å². The highest BCUT2D eigenvalue weighted by Gasteiger charge is 2.58. The molecule has 0 heterocycles. The van der Waals surface area contributed by atoms with Crippen molar-refractivity contribution in [3.05, 3.63) is 0 Å². The zero-order chi connectivity index (χ0) is 18.2. The molecule has 146 valence electrons. The minimum Gasteiger partial charge on any atom is -0.459 e. The average Bonchev–Trinajstić information content (AvgIpc) is 3.10. The molecule has 0 aromatic heterocycles. The van der Waals surface area contributed by atoms with E-state index in [9.17, 15) is 4.79 Å². The van der Waals surface area contributed by atoms with Gasteiger partial charge in [0.25, 0.3) is 0 Å². The van der Waals surface area contributed by atoms with Crippen molar-refractivity contribution in [1.82, 2.24) is 0 Å². The molecule has 2 heteroatoms. The van der Waals surface area contributed by atoms with Gasteiger partial charge in [0.05, 0.1) is 5.92 Å². The fraction of sp³-hybridized carbons (Fsp3) is 0.958. The number of hydrogen-bond donors (Lipinski definition) is 0. The quantitative estimate of drug-likeness (QED) is 0.603. The third-order valence-electron chi connectivity index (χ3n) is 9.27. The maximum atomic E-state index is 13.3. The van der Waals surface area contributed by atoms with E-state index < -0.39 is 0 Å². The molecule has 6 fully saturated rings. The number of esters is 1. The van der Waals surface area contributed by atoms with Crippen molar-refractivity contribution in [3.8, 4) is 0 Å². The summed E-state index contributed by atoms with van der Waals surface area (Å²) in [5, 5.41) is 0. The molecule has 0 aromatic rings. The monoisotopic (exact) mass is 358 g/mol. The number of hydrogen-bond acceptors (Lipinski definition) is 2. The summed E-state index contributed by atoms with van der Waals surface area (Å²) in [6.07, 6.45) is 10.2. The second-order valence-electron chi connectivity index (χ2n) is 11.7. The van der Waals surface area contributed by atoms with Crippen LogP contribution in [0.2, 0.25) is 0 Å². The van der Waals surface area contributed by atoms with Gasteiger partial charge in [-0.15, -0.1) is 0 Å². The molecule has 0 spiro atoms. The van der Waals surface area contributed by atoms with Crippen molar-refractivity contribution >= 4 is 5.97 Å². The Balaban J connectivity index is 1.31. The molecule has 0 aliphatic heterocycles. The van der Waals surface area contributed by atoms with E-state index in [1.807, 2.05) is 0 Å². The Morgan fingerprint density at radius 3 is 1.85 bits per heavy atom. The highest BCUT2D eigenvalue weighted by molar-refractivity contribution is 5.74. The van der Waals surface area contributed by atoms with Gasteiger partial charge in [-0.25, -0.2) is 0 Å². The molecule has 0 radical (unpaired) electrons. The van der Waals surface area contributed by atoms with Crippen LogP contribution in [0.5, 0.6) is 0 Å². The van der Waals surface area contributed by atoms with Crippen molar-refractivity contribution < 1.29 is 9.53 Å². The van der Waals surface area contributed by atoms with Crippen molar-refractivity contribution in [3.63, 3.8) is 0 Å². The molecule has 5 unspecified atom stereocenters. The van der Waals surface area contributed by atoms with E-state index in [-0.39, 0.29) is 17.5 Å². The molecule has 5 atom stereocenters. The van der Waals surface area contributed by atoms with E-state index in [1.165, 1.54) is 44.9 Å². The molecular formula is C24H38O2. The second-order valence-corrected chi connectivity index (χ2v) is 11.7. The summed E-state index contributed by atoms with van der Waals surface area (Å²) in [4.78, 5) is 13.3. The molecule has 0 amide bonds. The molecule has 6 aliphatic rings. The fourth-order valence-electron chi connectivity index (χ4n) is 9.09. The summed E-state index contributed by atoms with van der Waals surface area (Å²) in [7, 11) is 0. The number of ether oxygens (including phenoxy) is 1. The Hall–Kier alpha value is -0.530. The molecule has 26 heavy (non-hydrogen) atoms. The van der Waals surface area contributed by atoms with Crippen LogP contribution in [0.1, 0.15) is 79.1 Å². The molecule has 0 N–H and O–H groups in total. The van der Waals surface area contributed by atoms with E-state index in [0.29, 0.717) is 11.8 Å². The van der Waals surface area contributed by atoms with Gasteiger partial charge in [-0.3, -0.25) is 4.79 Å². The Kier molecular flexibility index (Phi) is 4.04. The third kappa shape index (κ3) is 2.60. The van der Waals surface area contributed by atoms with Crippen LogP contribution in [0.3, 0.4) is 0 Å². The lowest BCUT2D eigenvalue weighted by Crippen LogP contribution is -2.53. The summed E-state index contributed by atoms with van der Waals surface area (Å²) >= 11 is 0. The first-order chi connectivity index (χ1) is 12.3. The van der Waals surface area contributed by atoms with Crippen LogP contribution < -0.4 is 0 Å². The van der Waals surface area contributed by atoms with Gasteiger partial charge in [0.1, 0.15) is 5.60 Å². The van der Waals surface area contributed by atoms with E-state index >= 15 is 0 Å². The maximum Gasteiger partial charge on any atom is 0.309 e. The van der Waals surface area contributed by atoms with Crippen LogP contribution in [0, 0.1) is 59.2 Å². The number of rotatable bonds is 4. The molecular weight excluding hydrogens is 320 g/mol. The first-order valence-corrected chi connectivity index (χ1v) is 11.6. The minimum atomic E-state index is -0.0571. The second kappa shape index (κ2) is 5.98. The molecule has 0 saturated heterocycles. The van der Waals surface area contributed by atoms with E-state index in [0.717, 1.165) is 47.8 Å². The van der Waals surface area contributed by atoms with Crippen LogP contribution in [-0.2, 0) is 9.53 Å². The van der Waals surface area contributed by atoms with Crippen LogP contribution in [-0.4, -0.2) is 11.6 Å². The molecule has 0 aromatic carbocycles. The Labute approximate surface area is 159 Å². The van der Waals surface area contributed by atoms with Crippen molar-refractivity contribution in [2.75, 3.05) is 0 Å². The molecule has 6 bridgehead atoms. The molecule has 6 aliphatic carbocycles. The SMILES string of the molecule is CC(C)C1C2CC(C(=O)OC34CC5CC(CC(C5)C3)C4)C(C2)C1C(C)C. The average molecular weight is 359 g/mol. The summed E-state index contributed by atoms with van der Waals surface area (Å²) in [6.45, 7) is 9.54. The highest BCUT2D eigenvalue weighted by atomic mass is 16.6. The first kappa shape index (κ1) is 17.6. The minimum absolute atomic E-state index is 0.0571. The van der Waals surface area contributed by atoms with E-state index in [4.69, 9.17) is 4.74 Å². The van der Waals surface area contributed by atoms with Crippen molar-refractivity contribution in [2.24, 2.45) is 59.2 Å². The summed E-state index contributed by atoms with van der Waals surface area (Å²) in [6, 6.07) is 0. The Morgan fingerprint density at radius 1 is 0.808 bits per heavy atom. The predicted octanol–water partition coefficient (Wildman–Crippen LogP) is 5.70. The van der Waals surface area contributed by atoms with Crippen LogP contribution in [0.25, 0.3) is 0 Å². The third-order valence-corrected chi connectivity index (χ3v) is 9.27. The summed E-state index contributed by atoms with van der Waals surface area (Å²) < 4.78 is 6.47. The smallest absolute Gasteiger partial charge is 0.309 e. The number of carbonyl (C=O) groups excluding carboxylic acids is 1. The summed E-state index contributed by atoms with van der Waals surface area (Å²) in [5.74, 6) is 7.29. The zero-order valence-corrected chi connectivity index (χ0v) is 17.2. The van der Waals surface area contributed by atoms with Gasteiger partial charge in [0, 0.05) is 0 Å². The first-order valence-electron chi connectivity index (χ1n) is 11.6. The largest absolute Gasteiger partial charge is 0.459 e. The lowest BCUT2D eigenvalue weighted by Gasteiger charge is -2.56. The van der Waals surface area contributed by atoms with Gasteiger partial charge in [-0.2, -0.15) is 0 Å². The topological polar surface area (TPSA) is 26.3 Å². The Bertz CT molecular complexity index is 541. The van der Waals surface area contributed by atoms with Gasteiger partial charge in [0.15, 0.2) is 0 Å². The standard InChI is InChI=1S/C24H38O2/c1-13(2)21-18-8-19(22(21)14(3)4)20(9-18)23(25)26-24-10-15-5-16(11-24)7-17(6-15)12-24/h13-22H,5-12H2,1-4H3. The molecule has 2 nitrogen and oxygen atoms in total. The van der Waals surface area contributed by atoms with Gasteiger partial charge >= 0.3 is 5.97 Å². The Morgan fingerprint density at radius 2 is 1.35 bits per heavy atom. The van der Waals surface area contributed by atoms with Gasteiger partial charge < -0.3 is 4.74 Å². The van der Waals surface area contributed by atoms with E-state index in [2.05, 4.69) is 27.7 Å². The molecule has 6 saturated carbocycles.